The van der Waals surface area contributed by atoms with Crippen LogP contribution in [0.2, 0.25) is 0 Å². The van der Waals surface area contributed by atoms with Gasteiger partial charge < -0.3 is 19.9 Å². The highest BCUT2D eigenvalue weighted by molar-refractivity contribution is 7.13. The minimum Gasteiger partial charge on any atom is -0.497 e. The molecule has 0 saturated carbocycles. The molecule has 0 radical (unpaired) electrons. The van der Waals surface area contributed by atoms with Crippen molar-refractivity contribution in [2.24, 2.45) is 0 Å². The normalized spacial score (nSPS) is 16.6. The number of anilines is 2. The van der Waals surface area contributed by atoms with Crippen LogP contribution in [0.1, 0.15) is 24.3 Å². The highest BCUT2D eigenvalue weighted by atomic mass is 32.1. The third-order valence-electron chi connectivity index (χ3n) is 4.51. The van der Waals surface area contributed by atoms with E-state index in [1.165, 1.54) is 11.3 Å². The van der Waals surface area contributed by atoms with Crippen LogP contribution in [0.4, 0.5) is 10.8 Å². The first-order valence-corrected chi connectivity index (χ1v) is 9.17. The van der Waals surface area contributed by atoms with Crippen molar-refractivity contribution < 1.29 is 9.53 Å². The Bertz CT molecular complexity index is 742. The Morgan fingerprint density at radius 2 is 2.00 bits per heavy atom. The average Bonchev–Trinajstić information content (AvgIpc) is 3.09. The van der Waals surface area contributed by atoms with Crippen LogP contribution in [0.15, 0.2) is 29.6 Å². The number of hydrogen-bond acceptors (Lipinski definition) is 6. The fourth-order valence-corrected chi connectivity index (χ4v) is 3.86. The van der Waals surface area contributed by atoms with Gasteiger partial charge in [-0.05, 0) is 38.1 Å². The van der Waals surface area contributed by atoms with Crippen LogP contribution >= 0.6 is 11.3 Å². The molecule has 25 heavy (non-hydrogen) atoms. The molecule has 1 N–H and O–H groups in total. The highest BCUT2D eigenvalue weighted by Gasteiger charge is 2.36. The van der Waals surface area contributed by atoms with Crippen LogP contribution in [-0.4, -0.2) is 55.1 Å². The van der Waals surface area contributed by atoms with Crippen molar-refractivity contribution in [3.63, 3.8) is 0 Å². The largest absolute Gasteiger partial charge is 0.497 e. The summed E-state index contributed by atoms with van der Waals surface area (Å²) in [5.74, 6) is 0.847. The molecule has 1 amide bonds. The molecule has 2 aromatic rings. The summed E-state index contributed by atoms with van der Waals surface area (Å²) in [6, 6.07) is 8.07. The fraction of sp³-hybridized carbons (Fsp3) is 0.444. The predicted molar refractivity (Wildman–Crippen MR) is 102 cm³/mol. The second kappa shape index (κ2) is 6.92. The lowest BCUT2D eigenvalue weighted by Crippen LogP contribution is -2.60. The van der Waals surface area contributed by atoms with Crippen molar-refractivity contribution in [2.75, 3.05) is 44.0 Å². The number of rotatable bonds is 4. The van der Waals surface area contributed by atoms with E-state index in [4.69, 9.17) is 4.74 Å². The minimum absolute atomic E-state index is 0.000191. The molecule has 0 bridgehead atoms. The summed E-state index contributed by atoms with van der Waals surface area (Å²) in [5, 5.41) is 5.56. The number of nitrogens with one attached hydrogen (secondary N) is 1. The maximum absolute atomic E-state index is 12.8. The number of aromatic nitrogens is 1. The molecule has 1 aromatic carbocycles. The molecule has 3 rings (SSSR count). The molecule has 1 saturated heterocycles. The van der Waals surface area contributed by atoms with Crippen molar-refractivity contribution >= 4 is 28.1 Å². The number of piperazine rings is 1. The first-order valence-electron chi connectivity index (χ1n) is 8.29. The number of benzene rings is 1. The molecule has 1 aliphatic rings. The number of ether oxygens (including phenoxy) is 1. The van der Waals surface area contributed by atoms with Crippen LogP contribution in [0.25, 0.3) is 0 Å². The van der Waals surface area contributed by atoms with E-state index in [0.29, 0.717) is 18.8 Å². The van der Waals surface area contributed by atoms with Crippen LogP contribution in [-0.2, 0) is 0 Å². The standard InChI is InChI=1S/C18H24N4O2S/c1-18(2)12-21(16(23)15-11-25-17(19-3)20-15)9-10-22(18)13-5-7-14(24-4)8-6-13/h5-8,11H,9-10,12H2,1-4H3,(H,19,20). The van der Waals surface area contributed by atoms with Crippen molar-refractivity contribution in [3.05, 3.63) is 35.3 Å². The van der Waals surface area contributed by atoms with Gasteiger partial charge in [0.05, 0.1) is 12.6 Å². The topological polar surface area (TPSA) is 57.7 Å². The molecule has 6 nitrogen and oxygen atoms in total. The molecule has 0 spiro atoms. The van der Waals surface area contributed by atoms with Crippen LogP contribution in [0, 0.1) is 0 Å². The van der Waals surface area contributed by atoms with Gasteiger partial charge in [-0.2, -0.15) is 0 Å². The van der Waals surface area contributed by atoms with E-state index in [2.05, 4.69) is 41.2 Å². The van der Waals surface area contributed by atoms with Crippen LogP contribution in [0.5, 0.6) is 5.75 Å². The number of methoxy groups -OCH3 is 1. The Hall–Kier alpha value is -2.28. The SMILES string of the molecule is CNc1nc(C(=O)N2CCN(c3ccc(OC)cc3)C(C)(C)C2)cs1. The van der Waals surface area contributed by atoms with Gasteiger partial charge in [0.2, 0.25) is 0 Å². The lowest BCUT2D eigenvalue weighted by molar-refractivity contribution is 0.0681. The van der Waals surface area contributed by atoms with Crippen molar-refractivity contribution in [1.82, 2.24) is 9.88 Å². The molecule has 2 heterocycles. The van der Waals surface area contributed by atoms with E-state index in [-0.39, 0.29) is 11.4 Å². The number of carbonyl (C=O) groups is 1. The Kier molecular flexibility index (Phi) is 4.85. The molecule has 1 fully saturated rings. The summed E-state index contributed by atoms with van der Waals surface area (Å²) in [7, 11) is 3.48. The molecular formula is C18H24N4O2S. The molecule has 134 valence electrons. The molecule has 0 unspecified atom stereocenters. The average molecular weight is 360 g/mol. The predicted octanol–water partition coefficient (Wildman–Crippen LogP) is 2.93. The van der Waals surface area contributed by atoms with Gasteiger partial charge in [0.25, 0.3) is 5.91 Å². The van der Waals surface area contributed by atoms with Crippen molar-refractivity contribution in [1.29, 1.82) is 0 Å². The van der Waals surface area contributed by atoms with Gasteiger partial charge in [0.15, 0.2) is 5.13 Å². The van der Waals surface area contributed by atoms with Crippen LogP contribution < -0.4 is 15.0 Å². The summed E-state index contributed by atoms with van der Waals surface area (Å²) in [6.45, 7) is 6.45. The monoisotopic (exact) mass is 360 g/mol. The number of thiazole rings is 1. The zero-order valence-electron chi connectivity index (χ0n) is 15.1. The maximum Gasteiger partial charge on any atom is 0.273 e. The first-order chi connectivity index (χ1) is 11.9. The van der Waals surface area contributed by atoms with E-state index < -0.39 is 0 Å². The van der Waals surface area contributed by atoms with Gasteiger partial charge in [-0.15, -0.1) is 11.3 Å². The van der Waals surface area contributed by atoms with Gasteiger partial charge in [0.1, 0.15) is 11.4 Å². The zero-order valence-corrected chi connectivity index (χ0v) is 15.9. The van der Waals surface area contributed by atoms with Crippen molar-refractivity contribution in [2.45, 2.75) is 19.4 Å². The second-order valence-corrected chi connectivity index (χ2v) is 7.53. The Morgan fingerprint density at radius 1 is 1.28 bits per heavy atom. The quantitative estimate of drug-likeness (QED) is 0.908. The van der Waals surface area contributed by atoms with E-state index in [1.807, 2.05) is 29.5 Å². The lowest BCUT2D eigenvalue weighted by atomic mass is 9.97. The Balaban J connectivity index is 1.74. The molecule has 0 aliphatic carbocycles. The van der Waals surface area contributed by atoms with Gasteiger partial charge in [-0.3, -0.25) is 4.79 Å². The maximum atomic E-state index is 12.8. The number of hydrogen-bond donors (Lipinski definition) is 1. The van der Waals surface area contributed by atoms with Crippen LogP contribution in [0.3, 0.4) is 0 Å². The summed E-state index contributed by atoms with van der Waals surface area (Å²) in [4.78, 5) is 21.3. The summed E-state index contributed by atoms with van der Waals surface area (Å²) >= 11 is 1.45. The minimum atomic E-state index is -0.162. The van der Waals surface area contributed by atoms with Gasteiger partial charge in [-0.25, -0.2) is 4.98 Å². The number of amides is 1. The Labute approximate surface area is 152 Å². The smallest absolute Gasteiger partial charge is 0.273 e. The molecule has 0 atom stereocenters. The molecular weight excluding hydrogens is 336 g/mol. The number of nitrogens with zero attached hydrogens (tertiary/aromatic N) is 3. The molecule has 1 aliphatic heterocycles. The van der Waals surface area contributed by atoms with Gasteiger partial charge >= 0.3 is 0 Å². The summed E-state index contributed by atoms with van der Waals surface area (Å²) in [6.07, 6.45) is 0. The lowest BCUT2D eigenvalue weighted by Gasteiger charge is -2.48. The first kappa shape index (κ1) is 17.5. The zero-order chi connectivity index (χ0) is 18.0. The third kappa shape index (κ3) is 3.56. The van der Waals surface area contributed by atoms with Gasteiger partial charge in [-0.1, -0.05) is 0 Å². The number of carbonyl (C=O) groups excluding carboxylic acids is 1. The second-order valence-electron chi connectivity index (χ2n) is 6.68. The van der Waals surface area contributed by atoms with Crippen molar-refractivity contribution in [3.8, 4) is 5.75 Å². The molecule has 1 aromatic heterocycles. The van der Waals surface area contributed by atoms with E-state index in [0.717, 1.165) is 23.1 Å². The van der Waals surface area contributed by atoms with E-state index >= 15 is 0 Å². The summed E-state index contributed by atoms with van der Waals surface area (Å²) < 4.78 is 5.23. The Morgan fingerprint density at radius 3 is 2.56 bits per heavy atom. The fourth-order valence-electron chi connectivity index (χ4n) is 3.22. The van der Waals surface area contributed by atoms with Gasteiger partial charge in [0, 0.05) is 37.7 Å². The molecule has 7 heteroatoms. The van der Waals surface area contributed by atoms with E-state index in [9.17, 15) is 4.79 Å². The van der Waals surface area contributed by atoms with E-state index in [1.54, 1.807) is 7.11 Å². The summed E-state index contributed by atoms with van der Waals surface area (Å²) in [5.41, 5.74) is 1.50. The highest BCUT2D eigenvalue weighted by Crippen LogP contribution is 2.30. The third-order valence-corrected chi connectivity index (χ3v) is 5.37.